The molecule has 1 aliphatic heterocycles. The lowest BCUT2D eigenvalue weighted by molar-refractivity contribution is -0.890. The second kappa shape index (κ2) is 20.3. The number of phenolic OH excluding ortho intramolecular Hbond substituents is 1. The van der Waals surface area contributed by atoms with E-state index in [4.69, 9.17) is 23.7 Å². The second-order valence-electron chi connectivity index (χ2n) is 15.8. The fourth-order valence-electron chi connectivity index (χ4n) is 7.16. The maximum atomic E-state index is 12.5. The normalized spacial score (nSPS) is 18.6. The lowest BCUT2D eigenvalue weighted by Crippen LogP contribution is -2.43. The van der Waals surface area contributed by atoms with Gasteiger partial charge in [-0.15, -0.1) is 0 Å². The highest BCUT2D eigenvalue weighted by Crippen LogP contribution is 2.52. The molecule has 2 aliphatic rings. The van der Waals surface area contributed by atoms with Crippen molar-refractivity contribution < 1.29 is 68.5 Å². The van der Waals surface area contributed by atoms with Gasteiger partial charge in [0.25, 0.3) is 0 Å². The van der Waals surface area contributed by atoms with Gasteiger partial charge in [-0.3, -0.25) is 4.79 Å². The molecule has 2 aromatic rings. The summed E-state index contributed by atoms with van der Waals surface area (Å²) in [5.41, 5.74) is 11.2. The highest BCUT2D eigenvalue weighted by molar-refractivity contribution is 7.85. The fourth-order valence-corrected chi connectivity index (χ4v) is 8.13. The number of likely N-dealkylation sites (N-methyl/N-ethyl adjacent to an activating group) is 2. The largest absolute Gasteiger partial charge is 0.748 e. The summed E-state index contributed by atoms with van der Waals surface area (Å²) in [6.07, 6.45) is 1.18. The van der Waals surface area contributed by atoms with Crippen LogP contribution in [0.4, 0.5) is 5.69 Å². The van der Waals surface area contributed by atoms with Crippen LogP contribution >= 0.6 is 0 Å². The summed E-state index contributed by atoms with van der Waals surface area (Å²) in [6.45, 7) is 3.43. The Balaban J connectivity index is 1.50. The molecule has 57 heavy (non-hydrogen) atoms. The summed E-state index contributed by atoms with van der Waals surface area (Å²) in [5.74, 6) is -0.112. The molecule has 18 nitrogen and oxygen atoms in total. The van der Waals surface area contributed by atoms with E-state index in [2.05, 4.69) is 10.0 Å². The van der Waals surface area contributed by atoms with Crippen LogP contribution in [0.15, 0.2) is 35.4 Å². The van der Waals surface area contributed by atoms with E-state index in [-0.39, 0.29) is 80.5 Å². The van der Waals surface area contributed by atoms with E-state index >= 15 is 0 Å². The van der Waals surface area contributed by atoms with E-state index in [9.17, 15) is 41.4 Å². The number of ketones is 1. The van der Waals surface area contributed by atoms with Crippen molar-refractivity contribution in [1.82, 2.24) is 0 Å². The topological polar surface area (TPSA) is 247 Å². The van der Waals surface area contributed by atoms with Crippen molar-refractivity contribution in [2.45, 2.75) is 44.1 Å². The summed E-state index contributed by atoms with van der Waals surface area (Å²) in [7, 11) is -0.864. The summed E-state index contributed by atoms with van der Waals surface area (Å²) < 4.78 is 97.2. The molecule has 3 atom stereocenters. The smallest absolute Gasteiger partial charge is 0.136 e. The summed E-state index contributed by atoms with van der Waals surface area (Å²) in [5, 5.41) is 14.3. The highest BCUT2D eigenvalue weighted by atomic mass is 32.2. The average Bonchev–Trinajstić information content (AvgIpc) is 3.09. The lowest BCUT2D eigenvalue weighted by atomic mass is 9.69. The summed E-state index contributed by atoms with van der Waals surface area (Å²) >= 11 is 0. The zero-order valence-electron chi connectivity index (χ0n) is 33.0. The first-order valence-corrected chi connectivity index (χ1v) is 22.1. The Hall–Kier alpha value is -3.72. The van der Waals surface area contributed by atoms with Gasteiger partial charge in [0.1, 0.15) is 61.2 Å². The van der Waals surface area contributed by atoms with Gasteiger partial charge in [0.05, 0.1) is 93.6 Å². The van der Waals surface area contributed by atoms with E-state index in [1.54, 1.807) is 24.3 Å². The molecular weight excluding hydrogens is 787 g/mol. The Morgan fingerprint density at radius 3 is 1.96 bits per heavy atom. The van der Waals surface area contributed by atoms with Gasteiger partial charge in [0.15, 0.2) is 0 Å². The number of Topliss-reactive ketones (excluding diaryl/α,β-unsaturated/α-hetero) is 1. The molecule has 0 bridgehead atoms. The van der Waals surface area contributed by atoms with E-state index in [0.717, 1.165) is 5.56 Å². The molecule has 0 amide bonds. The van der Waals surface area contributed by atoms with Gasteiger partial charge in [0, 0.05) is 77.2 Å². The fraction of sp³-hybridized carbons (Fsp3) is 0.649. The molecule has 1 N–H and O–H groups in total. The van der Waals surface area contributed by atoms with Gasteiger partial charge >= 0.3 is 0 Å². The third-order valence-electron chi connectivity index (χ3n) is 10.2. The molecule has 2 aromatic carbocycles. The van der Waals surface area contributed by atoms with E-state index < -0.39 is 37.8 Å². The molecule has 1 heterocycles. The van der Waals surface area contributed by atoms with E-state index in [0.29, 0.717) is 78.3 Å². The molecule has 20 heteroatoms. The maximum Gasteiger partial charge on any atom is 0.136 e. The Morgan fingerprint density at radius 1 is 0.825 bits per heavy atom. The standard InChI is InChI=1S/C37H55N5O13S2/c1-41(2,11-5-21-56(45,46)47)13-15-51-17-19-53-33-26-36(54-20-18-52-16-14-42(3,4)12-6-22-57(48,49)50)32(39-40-38)25-31(33)37-29-9-7-27(43)23-34(29)55-35-24-28(44)8-10-30(35)37/h7,9,23,25-26,30,35,37H,5-6,8,10-22,24H2,1-4H3,(H-2,43,45,46,47,48,49,50). The Labute approximate surface area is 334 Å². The maximum absolute atomic E-state index is 12.5. The molecular formula is C37H55N5O13S2. The number of carbonyl (C=O) groups excluding carboxylic acids is 1. The predicted molar refractivity (Wildman–Crippen MR) is 207 cm³/mol. The Morgan fingerprint density at radius 2 is 1.40 bits per heavy atom. The van der Waals surface area contributed by atoms with Crippen LogP contribution in [0.25, 0.3) is 10.4 Å². The third-order valence-corrected chi connectivity index (χ3v) is 11.8. The predicted octanol–water partition coefficient (Wildman–Crippen LogP) is 3.41. The van der Waals surface area contributed by atoms with Crippen molar-refractivity contribution in [3.05, 3.63) is 51.9 Å². The van der Waals surface area contributed by atoms with Crippen molar-refractivity contribution >= 4 is 31.7 Å². The Kier molecular flexibility index (Phi) is 16.4. The summed E-state index contributed by atoms with van der Waals surface area (Å²) in [6, 6.07) is 8.25. The van der Waals surface area contributed by atoms with Crippen LogP contribution in [-0.4, -0.2) is 157 Å². The van der Waals surface area contributed by atoms with Crippen molar-refractivity contribution in [2.24, 2.45) is 11.0 Å². The number of carbonyl (C=O) groups is 1. The number of rotatable bonds is 24. The van der Waals surface area contributed by atoms with Crippen LogP contribution in [0, 0.1) is 5.92 Å². The van der Waals surface area contributed by atoms with Crippen molar-refractivity contribution in [2.75, 3.05) is 106 Å². The van der Waals surface area contributed by atoms with Gasteiger partial charge in [-0.2, -0.15) is 0 Å². The number of ether oxygens (including phenoxy) is 5. The first-order valence-electron chi connectivity index (χ1n) is 18.9. The van der Waals surface area contributed by atoms with Crippen LogP contribution in [0.1, 0.15) is 49.1 Å². The molecule has 0 spiro atoms. The van der Waals surface area contributed by atoms with Crippen LogP contribution in [-0.2, 0) is 34.5 Å². The van der Waals surface area contributed by atoms with Gasteiger partial charge in [0.2, 0.25) is 0 Å². The van der Waals surface area contributed by atoms with E-state index in [1.807, 2.05) is 28.2 Å². The number of phenols is 1. The van der Waals surface area contributed by atoms with Crippen LogP contribution < -0.4 is 14.2 Å². The molecule has 3 unspecified atom stereocenters. The number of benzene rings is 2. The van der Waals surface area contributed by atoms with Crippen molar-refractivity contribution in [1.29, 1.82) is 0 Å². The minimum Gasteiger partial charge on any atom is -0.748 e. The molecule has 0 radical (unpaired) electrons. The lowest BCUT2D eigenvalue weighted by Gasteiger charge is -2.42. The van der Waals surface area contributed by atoms with E-state index in [1.165, 1.54) is 6.07 Å². The first-order chi connectivity index (χ1) is 26.8. The minimum atomic E-state index is -4.28. The molecule has 1 saturated carbocycles. The number of hydrogen-bond donors (Lipinski definition) is 1. The number of fused-ring (bicyclic) bond motifs is 2. The molecule has 1 aliphatic carbocycles. The molecule has 0 aromatic heterocycles. The second-order valence-corrected chi connectivity index (χ2v) is 18.8. The molecule has 318 valence electrons. The Bertz CT molecular complexity index is 1950. The minimum absolute atomic E-state index is 0.0110. The van der Waals surface area contributed by atoms with Crippen LogP contribution in [0.3, 0.4) is 0 Å². The third kappa shape index (κ3) is 15.2. The summed E-state index contributed by atoms with van der Waals surface area (Å²) in [4.78, 5) is 15.6. The number of aromatic hydroxyl groups is 1. The number of azide groups is 1. The van der Waals surface area contributed by atoms with Gasteiger partial charge in [-0.1, -0.05) is 11.2 Å². The molecule has 0 saturated heterocycles. The monoisotopic (exact) mass is 841 g/mol. The quantitative estimate of drug-likeness (QED) is 0.0398. The molecule has 1 fully saturated rings. The van der Waals surface area contributed by atoms with Crippen LogP contribution in [0.5, 0.6) is 23.0 Å². The van der Waals surface area contributed by atoms with Crippen molar-refractivity contribution in [3.63, 3.8) is 0 Å². The number of hydrogen-bond acceptors (Lipinski definition) is 14. The SMILES string of the molecule is C[N+](C)(CCCS(=O)(=O)[O-])CCOCCOc1cc(OCCOCC[N+](C)(C)CCCS(=O)(=O)[O-])c(C2c3ccc(O)cc3OC3CC(=O)CCC32)cc1N=[N+]=[N-]. The van der Waals surface area contributed by atoms with Gasteiger partial charge in [-0.05, 0) is 24.1 Å². The van der Waals surface area contributed by atoms with Gasteiger partial charge in [-0.25, -0.2) is 16.8 Å². The van der Waals surface area contributed by atoms with Crippen LogP contribution in [0.2, 0.25) is 0 Å². The average molecular weight is 842 g/mol. The van der Waals surface area contributed by atoms with Gasteiger partial charge < -0.3 is 46.9 Å². The zero-order chi connectivity index (χ0) is 41.9. The number of quaternary nitrogens is 2. The molecule has 4 rings (SSSR count). The zero-order valence-corrected chi connectivity index (χ0v) is 34.7. The highest BCUT2D eigenvalue weighted by Gasteiger charge is 2.44. The van der Waals surface area contributed by atoms with Crippen molar-refractivity contribution in [3.8, 4) is 23.0 Å². The first kappa shape index (κ1) is 46.0. The number of nitrogens with zero attached hydrogens (tertiary/aromatic N) is 5.